The van der Waals surface area contributed by atoms with E-state index in [1.54, 1.807) is 93.6 Å². The second-order valence-electron chi connectivity index (χ2n) is 25.0. The van der Waals surface area contributed by atoms with Gasteiger partial charge < -0.3 is 78.3 Å². The molecule has 0 bridgehead atoms. The number of hydrogen-bond acceptors (Lipinski definition) is 12. The molecule has 31 heteroatoms. The van der Waals surface area contributed by atoms with Crippen molar-refractivity contribution >= 4 is 97.6 Å². The molecule has 0 spiro atoms. The van der Waals surface area contributed by atoms with Gasteiger partial charge in [-0.1, -0.05) is 36.4 Å². The number of nitrogens with two attached hydrogens (primary N) is 3. The Hall–Kier alpha value is -10.3. The third-order valence-electron chi connectivity index (χ3n) is 17.3. The second-order valence-corrected chi connectivity index (χ2v) is 25.0. The fraction of sp³-hybridized carbons (Fsp3) is 0.342. The van der Waals surface area contributed by atoms with Crippen molar-refractivity contribution in [2.45, 2.75) is 141 Å². The third-order valence-corrected chi connectivity index (χ3v) is 17.3. The van der Waals surface area contributed by atoms with Crippen molar-refractivity contribution in [3.05, 3.63) is 178 Å². The van der Waals surface area contributed by atoms with Crippen LogP contribution in [-0.4, -0.2) is 107 Å². The van der Waals surface area contributed by atoms with Crippen molar-refractivity contribution in [1.29, 1.82) is 0 Å². The molecule has 9 aromatic rings. The lowest BCUT2D eigenvalue weighted by Gasteiger charge is -2.22. The van der Waals surface area contributed by atoms with Gasteiger partial charge in [-0.3, -0.25) is 28.8 Å². The number of fused-ring (bicyclic) bond motifs is 3. The van der Waals surface area contributed by atoms with E-state index < -0.39 is 95.8 Å². The summed E-state index contributed by atoms with van der Waals surface area (Å²) in [6.45, 7) is 5.95. The summed E-state index contributed by atoms with van der Waals surface area (Å²) in [4.78, 5) is 93.0. The molecule has 0 aliphatic heterocycles. The number of H-pyrrole nitrogens is 3. The molecule has 556 valence electrons. The van der Waals surface area contributed by atoms with E-state index in [1.807, 2.05) is 0 Å². The Morgan fingerprint density at radius 1 is 0.385 bits per heavy atom. The van der Waals surface area contributed by atoms with Crippen LogP contribution in [0.2, 0.25) is 0 Å². The highest BCUT2D eigenvalue weighted by Crippen LogP contribution is 2.37. The molecular formula is C73H80ClF9N12O9. The molecule has 15 N–H and O–H groups in total. The molecule has 0 saturated carbocycles. The minimum absolute atomic E-state index is 0. The zero-order valence-corrected chi connectivity index (χ0v) is 57.6. The topological polar surface area (TPSA) is 328 Å². The van der Waals surface area contributed by atoms with Gasteiger partial charge in [-0.05, 0) is 223 Å². The zero-order chi connectivity index (χ0) is 74.3. The minimum Gasteiger partial charge on any atom is -0.406 e. The van der Waals surface area contributed by atoms with Gasteiger partial charge in [-0.15, -0.1) is 51.9 Å². The van der Waals surface area contributed by atoms with Crippen molar-refractivity contribution in [2.24, 2.45) is 17.2 Å². The first-order valence-electron chi connectivity index (χ1n) is 33.2. The smallest absolute Gasteiger partial charge is 0.406 e. The predicted molar refractivity (Wildman–Crippen MR) is 378 cm³/mol. The molecule has 9 rings (SSSR count). The van der Waals surface area contributed by atoms with Crippen LogP contribution in [0.25, 0.3) is 32.7 Å². The second kappa shape index (κ2) is 35.3. The first-order chi connectivity index (χ1) is 48.9. The molecule has 0 fully saturated rings. The lowest BCUT2D eigenvalue weighted by molar-refractivity contribution is -0.275. The molecule has 3 atom stereocenters. The van der Waals surface area contributed by atoms with Crippen LogP contribution in [0.3, 0.4) is 0 Å². The van der Waals surface area contributed by atoms with Gasteiger partial charge in [0.25, 0.3) is 0 Å². The van der Waals surface area contributed by atoms with E-state index in [4.69, 9.17) is 17.2 Å². The number of alkyl halides is 9. The van der Waals surface area contributed by atoms with Crippen LogP contribution in [0.4, 0.5) is 56.6 Å². The van der Waals surface area contributed by atoms with Crippen molar-refractivity contribution in [1.82, 2.24) is 30.9 Å². The van der Waals surface area contributed by atoms with Crippen molar-refractivity contribution in [2.75, 3.05) is 35.6 Å². The van der Waals surface area contributed by atoms with Crippen molar-refractivity contribution in [3.8, 4) is 17.2 Å². The fourth-order valence-electron chi connectivity index (χ4n) is 12.4. The van der Waals surface area contributed by atoms with Gasteiger partial charge in [0.05, 0.1) is 19.3 Å². The van der Waals surface area contributed by atoms with Crippen molar-refractivity contribution < 1.29 is 82.5 Å². The number of ether oxygens (including phenoxy) is 3. The Balaban J connectivity index is 0.0000137. The van der Waals surface area contributed by atoms with E-state index in [9.17, 15) is 68.3 Å². The highest BCUT2D eigenvalue weighted by molar-refractivity contribution is 6.01. The van der Waals surface area contributed by atoms with Gasteiger partial charge in [-0.25, -0.2) is 0 Å². The monoisotopic (exact) mass is 1470 g/mol. The maximum Gasteiger partial charge on any atom is 0.573 e. The number of halogens is 10. The largest absolute Gasteiger partial charge is 0.573 e. The number of unbranched alkanes of at least 4 members (excludes halogenated alkanes) is 3. The molecular weight excluding hydrogens is 1400 g/mol. The predicted octanol–water partition coefficient (Wildman–Crippen LogP) is 12.7. The number of benzene rings is 6. The summed E-state index contributed by atoms with van der Waals surface area (Å²) in [5, 5.41) is 18.1. The number of aryl methyl sites for hydroxylation is 3. The molecule has 0 radical (unpaired) electrons. The maximum atomic E-state index is 14.2. The Bertz CT molecular complexity index is 4020. The molecule has 3 aromatic heterocycles. The quantitative estimate of drug-likeness (QED) is 0.0104. The molecule has 0 unspecified atom stereocenters. The number of amides is 6. The first kappa shape index (κ1) is 79.4. The number of anilines is 3. The highest BCUT2D eigenvalue weighted by atomic mass is 35.5. The molecule has 104 heavy (non-hydrogen) atoms. The van der Waals surface area contributed by atoms with Crippen LogP contribution in [0.5, 0.6) is 17.2 Å². The summed E-state index contributed by atoms with van der Waals surface area (Å²) >= 11 is 0. The van der Waals surface area contributed by atoms with E-state index in [0.717, 1.165) is 18.2 Å². The average molecular weight is 1480 g/mol. The van der Waals surface area contributed by atoms with Gasteiger partial charge in [-0.2, -0.15) is 0 Å². The maximum absolute atomic E-state index is 14.2. The SMILES string of the molecule is Cc1[nH]c2ccc(OC(F)(F)F)cc2c1CC(=O)N[C@H](CCCCN)C(=O)Nc1ccc(C(c2ccc(NC(=O)[C@@H](CCCCN)NC(=O)Cc3c(C)[nH]c4ccc(OC(F)(F)F)cc34)cc2)c2ccc(NC(=O)[C@@H](CCCCN)NC(=O)Cc3c(C)[nH]c4ccc(OC(F)(F)F)cc34)cc2)cc1.Cl. The summed E-state index contributed by atoms with van der Waals surface area (Å²) in [6, 6.07) is 28.6. The van der Waals surface area contributed by atoms with Crippen LogP contribution in [0, 0.1) is 20.8 Å². The summed E-state index contributed by atoms with van der Waals surface area (Å²) in [6.07, 6.45) is -12.2. The standard InChI is InChI=1S/C73H79F9N12O9.ClH/c1-40-52(55-34-49(101-71(74,75)76)25-28-58(55)86-40)37-64(95)92-61(10-4-7-31-83)68(98)89-46-19-13-43(14-20-46)67(44-15-21-47(22-16-44)90-69(99)62(11-5-8-32-84)93-65(96)38-53-41(2)87-59-29-26-50(35-56(53)59)102-72(77,78)79)45-17-23-48(24-18-45)91-70(100)63(12-6-9-33-85)94-66(97)39-54-42(3)88-60-30-27-51(36-57(54)60)103-73(80,81)82;/h13-30,34-36,61-63,67,86-88H,4-12,31-33,37-39,83-85H2,1-3H3,(H,89,98)(H,90,99)(H,91,100)(H,92,95)(H,93,96)(H,94,97);1H/t61-,62-,63-;/m1./s1. The number of carbonyl (C=O) groups excluding carboxylic acids is 6. The Kier molecular flexibility index (Phi) is 26.9. The van der Waals surface area contributed by atoms with Gasteiger partial charge in [0.2, 0.25) is 35.4 Å². The van der Waals surface area contributed by atoms with E-state index in [2.05, 4.69) is 61.1 Å². The molecule has 3 heterocycles. The van der Waals surface area contributed by atoms with E-state index in [1.165, 1.54) is 36.4 Å². The first-order valence-corrected chi connectivity index (χ1v) is 33.2. The van der Waals surface area contributed by atoms with Crippen LogP contribution < -0.4 is 63.3 Å². The van der Waals surface area contributed by atoms with Gasteiger partial charge in [0, 0.05) is 72.8 Å². The van der Waals surface area contributed by atoms with Crippen molar-refractivity contribution in [3.63, 3.8) is 0 Å². The molecule has 0 aliphatic carbocycles. The third kappa shape index (κ3) is 22.1. The Morgan fingerprint density at radius 2 is 0.635 bits per heavy atom. The normalized spacial score (nSPS) is 12.7. The summed E-state index contributed by atoms with van der Waals surface area (Å²) in [7, 11) is 0. The molecule has 0 aliphatic rings. The zero-order valence-electron chi connectivity index (χ0n) is 56.8. The molecule has 0 saturated heterocycles. The van der Waals surface area contributed by atoms with Gasteiger partial charge in [0.1, 0.15) is 35.4 Å². The fourth-order valence-corrected chi connectivity index (χ4v) is 12.4. The minimum atomic E-state index is -4.95. The van der Waals surface area contributed by atoms with Crippen LogP contribution in [0.1, 0.15) is 114 Å². The average Bonchev–Trinajstić information content (AvgIpc) is 1.53. The number of hydrogen-bond donors (Lipinski definition) is 12. The molecule has 6 aromatic carbocycles. The number of aromatic amines is 3. The van der Waals surface area contributed by atoms with E-state index in [0.29, 0.717) is 158 Å². The summed E-state index contributed by atoms with van der Waals surface area (Å²) < 4.78 is 131. The van der Waals surface area contributed by atoms with Crippen LogP contribution >= 0.6 is 12.4 Å². The Labute approximate surface area is 597 Å². The summed E-state index contributed by atoms with van der Waals surface area (Å²) in [5.74, 6) is -5.43. The van der Waals surface area contributed by atoms with Crippen LogP contribution in [-0.2, 0) is 48.0 Å². The lowest BCUT2D eigenvalue weighted by Crippen LogP contribution is -2.44. The molecule has 21 nitrogen and oxygen atoms in total. The number of aromatic nitrogens is 3. The molecule has 6 amide bonds. The summed E-state index contributed by atoms with van der Waals surface area (Å²) in [5.41, 5.74) is 24.7. The number of carbonyl (C=O) groups is 6. The Morgan fingerprint density at radius 3 is 0.865 bits per heavy atom. The number of rotatable bonds is 33. The van der Waals surface area contributed by atoms with E-state index >= 15 is 0 Å². The lowest BCUT2D eigenvalue weighted by atomic mass is 9.85. The van der Waals surface area contributed by atoms with Crippen LogP contribution in [0.15, 0.2) is 127 Å². The number of nitrogens with one attached hydrogen (secondary N) is 9. The van der Waals surface area contributed by atoms with E-state index in [-0.39, 0.29) is 50.9 Å². The highest BCUT2D eigenvalue weighted by Gasteiger charge is 2.35. The van der Waals surface area contributed by atoms with Gasteiger partial charge in [0.15, 0.2) is 0 Å². The van der Waals surface area contributed by atoms with Gasteiger partial charge >= 0.3 is 19.1 Å².